The number of carbonyl (C=O) groups excluding carboxylic acids is 1. The van der Waals surface area contributed by atoms with Crippen molar-refractivity contribution in [3.05, 3.63) is 64.7 Å². The Morgan fingerprint density at radius 2 is 1.59 bits per heavy atom. The Bertz CT molecular complexity index is 729. The molecule has 0 saturated carbocycles. The Morgan fingerprint density at radius 1 is 0.963 bits per heavy atom. The molecule has 0 spiro atoms. The van der Waals surface area contributed by atoms with E-state index < -0.39 is 0 Å². The van der Waals surface area contributed by atoms with Crippen LogP contribution in [0, 0.1) is 13.8 Å². The van der Waals surface area contributed by atoms with Gasteiger partial charge in [0.2, 0.25) is 0 Å². The fourth-order valence-corrected chi connectivity index (χ4v) is 3.71. The van der Waals surface area contributed by atoms with Gasteiger partial charge in [0.1, 0.15) is 12.3 Å². The summed E-state index contributed by atoms with van der Waals surface area (Å²) >= 11 is 0. The minimum Gasteiger partial charge on any atom is -0.484 e. The van der Waals surface area contributed by atoms with Crippen LogP contribution >= 0.6 is 0 Å². The summed E-state index contributed by atoms with van der Waals surface area (Å²) in [6.45, 7) is 8.31. The first-order valence-electron chi connectivity index (χ1n) is 9.98. The number of benzene rings is 2. The van der Waals surface area contributed by atoms with Crippen molar-refractivity contribution >= 4 is 5.91 Å². The molecule has 1 heterocycles. The van der Waals surface area contributed by atoms with Crippen molar-refractivity contribution in [1.29, 1.82) is 0 Å². The van der Waals surface area contributed by atoms with E-state index in [0.717, 1.165) is 29.0 Å². The van der Waals surface area contributed by atoms with Gasteiger partial charge >= 0.3 is 0 Å². The lowest BCUT2D eigenvalue weighted by molar-refractivity contribution is -0.918. The highest BCUT2D eigenvalue weighted by molar-refractivity contribution is 5.77. The minimum absolute atomic E-state index is 0.0410. The van der Waals surface area contributed by atoms with E-state index in [1.54, 1.807) is 4.90 Å². The summed E-state index contributed by atoms with van der Waals surface area (Å²) < 4.78 is 5.61. The summed E-state index contributed by atoms with van der Waals surface area (Å²) in [4.78, 5) is 13.7. The number of aryl methyl sites for hydroxylation is 2. The third-order valence-corrected chi connectivity index (χ3v) is 5.09. The predicted molar refractivity (Wildman–Crippen MR) is 108 cm³/mol. The SMILES string of the molecule is Cc1cc(C)cc(OCC(=O)NCc2ccc(C[NH+]3CCCCC3)cc2)c1. The van der Waals surface area contributed by atoms with E-state index in [-0.39, 0.29) is 12.5 Å². The lowest BCUT2D eigenvalue weighted by atomic mass is 10.1. The lowest BCUT2D eigenvalue weighted by Crippen LogP contribution is -3.11. The van der Waals surface area contributed by atoms with E-state index in [2.05, 4.69) is 35.6 Å². The average molecular weight is 368 g/mol. The summed E-state index contributed by atoms with van der Waals surface area (Å²) in [5, 5.41) is 2.93. The Labute approximate surface area is 162 Å². The van der Waals surface area contributed by atoms with Crippen molar-refractivity contribution in [1.82, 2.24) is 5.32 Å². The van der Waals surface area contributed by atoms with Crippen molar-refractivity contribution in [2.75, 3.05) is 19.7 Å². The third kappa shape index (κ3) is 6.40. The average Bonchev–Trinajstić information content (AvgIpc) is 2.66. The highest BCUT2D eigenvalue weighted by Crippen LogP contribution is 2.16. The number of hydrogen-bond donors (Lipinski definition) is 2. The Morgan fingerprint density at radius 3 is 2.26 bits per heavy atom. The Balaban J connectivity index is 1.41. The summed E-state index contributed by atoms with van der Waals surface area (Å²) in [6.07, 6.45) is 4.09. The normalized spacial score (nSPS) is 14.7. The minimum atomic E-state index is -0.101. The Kier molecular flexibility index (Phi) is 6.88. The fraction of sp³-hybridized carbons (Fsp3) is 0.435. The first-order valence-corrected chi connectivity index (χ1v) is 9.98. The van der Waals surface area contributed by atoms with Crippen molar-refractivity contribution < 1.29 is 14.4 Å². The summed E-state index contributed by atoms with van der Waals surface area (Å²) in [5.41, 5.74) is 4.76. The monoisotopic (exact) mass is 367 g/mol. The van der Waals surface area contributed by atoms with Gasteiger partial charge in [0.05, 0.1) is 13.1 Å². The molecule has 0 aliphatic carbocycles. The molecule has 0 radical (unpaired) electrons. The molecule has 0 unspecified atom stereocenters. The molecule has 2 aromatic carbocycles. The molecule has 1 fully saturated rings. The highest BCUT2D eigenvalue weighted by atomic mass is 16.5. The number of piperidine rings is 1. The molecular weight excluding hydrogens is 336 g/mol. The number of carbonyl (C=O) groups is 1. The van der Waals surface area contributed by atoms with Gasteiger partial charge in [0, 0.05) is 12.1 Å². The zero-order valence-corrected chi connectivity index (χ0v) is 16.5. The maximum atomic E-state index is 12.0. The Hall–Kier alpha value is -2.33. The van der Waals surface area contributed by atoms with Crippen LogP contribution in [0.3, 0.4) is 0 Å². The van der Waals surface area contributed by atoms with Gasteiger partial charge in [-0.2, -0.15) is 0 Å². The van der Waals surface area contributed by atoms with E-state index >= 15 is 0 Å². The quantitative estimate of drug-likeness (QED) is 0.790. The second-order valence-corrected chi connectivity index (χ2v) is 7.69. The molecule has 0 bridgehead atoms. The number of hydrogen-bond acceptors (Lipinski definition) is 2. The molecule has 27 heavy (non-hydrogen) atoms. The van der Waals surface area contributed by atoms with Crippen LogP contribution in [0.25, 0.3) is 0 Å². The standard InChI is InChI=1S/C23H30N2O2/c1-18-12-19(2)14-22(13-18)27-17-23(26)24-15-20-6-8-21(9-7-20)16-25-10-4-3-5-11-25/h6-9,12-14H,3-5,10-11,15-17H2,1-2H3,(H,24,26)/p+1. The molecule has 2 N–H and O–H groups in total. The molecule has 4 nitrogen and oxygen atoms in total. The fourth-order valence-electron chi connectivity index (χ4n) is 3.71. The van der Waals surface area contributed by atoms with E-state index in [1.807, 2.05) is 26.0 Å². The van der Waals surface area contributed by atoms with E-state index in [9.17, 15) is 4.79 Å². The molecule has 1 aliphatic rings. The van der Waals surface area contributed by atoms with Gasteiger partial charge in [0.25, 0.3) is 5.91 Å². The largest absolute Gasteiger partial charge is 0.484 e. The molecule has 1 amide bonds. The molecule has 144 valence electrons. The summed E-state index contributed by atoms with van der Waals surface area (Å²) in [7, 11) is 0. The van der Waals surface area contributed by atoms with Crippen LogP contribution in [0.2, 0.25) is 0 Å². The second-order valence-electron chi connectivity index (χ2n) is 7.69. The van der Waals surface area contributed by atoms with E-state index in [1.165, 1.54) is 37.9 Å². The van der Waals surface area contributed by atoms with Gasteiger partial charge in [0.15, 0.2) is 6.61 Å². The molecular formula is C23H31N2O2+. The molecule has 2 aromatic rings. The predicted octanol–water partition coefficient (Wildman–Crippen LogP) is 2.57. The zero-order chi connectivity index (χ0) is 19.1. The number of likely N-dealkylation sites (tertiary alicyclic amines) is 1. The first kappa shape index (κ1) is 19.4. The molecule has 1 aliphatic heterocycles. The highest BCUT2D eigenvalue weighted by Gasteiger charge is 2.13. The third-order valence-electron chi connectivity index (χ3n) is 5.09. The number of amides is 1. The van der Waals surface area contributed by atoms with Gasteiger partial charge in [-0.25, -0.2) is 0 Å². The van der Waals surface area contributed by atoms with E-state index in [0.29, 0.717) is 6.54 Å². The van der Waals surface area contributed by atoms with Crippen LogP contribution < -0.4 is 15.0 Å². The maximum absolute atomic E-state index is 12.0. The maximum Gasteiger partial charge on any atom is 0.258 e. The summed E-state index contributed by atoms with van der Waals surface area (Å²) in [6, 6.07) is 14.6. The van der Waals surface area contributed by atoms with Gasteiger partial charge < -0.3 is 15.0 Å². The van der Waals surface area contributed by atoms with Gasteiger partial charge in [-0.1, -0.05) is 30.3 Å². The molecule has 0 atom stereocenters. The molecule has 4 heteroatoms. The van der Waals surface area contributed by atoms with Crippen LogP contribution in [0.15, 0.2) is 42.5 Å². The van der Waals surface area contributed by atoms with Crippen LogP contribution in [0.1, 0.15) is 41.5 Å². The topological polar surface area (TPSA) is 42.8 Å². The second kappa shape index (κ2) is 9.56. The van der Waals surface area contributed by atoms with E-state index in [4.69, 9.17) is 4.74 Å². The smallest absolute Gasteiger partial charge is 0.258 e. The van der Waals surface area contributed by atoms with Crippen molar-refractivity contribution in [3.63, 3.8) is 0 Å². The van der Waals surface area contributed by atoms with Gasteiger partial charge in [-0.15, -0.1) is 0 Å². The van der Waals surface area contributed by atoms with Crippen LogP contribution in [-0.4, -0.2) is 25.6 Å². The zero-order valence-electron chi connectivity index (χ0n) is 16.5. The van der Waals surface area contributed by atoms with Gasteiger partial charge in [-0.3, -0.25) is 4.79 Å². The van der Waals surface area contributed by atoms with Crippen molar-refractivity contribution in [2.45, 2.75) is 46.2 Å². The first-order chi connectivity index (χ1) is 13.1. The number of quaternary nitrogens is 1. The number of rotatable bonds is 7. The van der Waals surface area contributed by atoms with Crippen LogP contribution in [-0.2, 0) is 17.9 Å². The summed E-state index contributed by atoms with van der Waals surface area (Å²) in [5.74, 6) is 0.642. The van der Waals surface area contributed by atoms with Gasteiger partial charge in [-0.05, 0) is 61.9 Å². The molecule has 1 saturated heterocycles. The van der Waals surface area contributed by atoms with Crippen molar-refractivity contribution in [3.8, 4) is 5.75 Å². The molecule has 3 rings (SSSR count). The number of ether oxygens (including phenoxy) is 1. The lowest BCUT2D eigenvalue weighted by Gasteiger charge is -2.23. The van der Waals surface area contributed by atoms with Crippen LogP contribution in [0.5, 0.6) is 5.75 Å². The molecule has 0 aromatic heterocycles. The number of nitrogens with one attached hydrogen (secondary N) is 2. The van der Waals surface area contributed by atoms with Crippen LogP contribution in [0.4, 0.5) is 0 Å². The van der Waals surface area contributed by atoms with Crippen molar-refractivity contribution in [2.24, 2.45) is 0 Å².